The van der Waals surface area contributed by atoms with Crippen LogP contribution >= 0.6 is 23.4 Å². The van der Waals surface area contributed by atoms with Crippen molar-refractivity contribution in [3.63, 3.8) is 0 Å². The van der Waals surface area contributed by atoms with Gasteiger partial charge in [0, 0.05) is 10.5 Å². The number of benzene rings is 2. The number of halogens is 1. The van der Waals surface area contributed by atoms with Gasteiger partial charge in [-0.05, 0) is 43.0 Å². The fraction of sp³-hybridized carbons (Fsp3) is 0.0667. The maximum atomic E-state index is 11.3. The van der Waals surface area contributed by atoms with E-state index in [4.69, 9.17) is 16.0 Å². The van der Waals surface area contributed by atoms with Crippen molar-refractivity contribution in [3.8, 4) is 0 Å². The van der Waals surface area contributed by atoms with Crippen LogP contribution in [0.2, 0.25) is 5.02 Å². The summed E-state index contributed by atoms with van der Waals surface area (Å²) in [5, 5.41) is 1.05. The summed E-state index contributed by atoms with van der Waals surface area (Å²) in [5.74, 6) is -0.00897. The highest BCUT2D eigenvalue weighted by Crippen LogP contribution is 2.34. The molecular weight excluding hydrogens is 294 g/mol. The van der Waals surface area contributed by atoms with Gasteiger partial charge in [-0.25, -0.2) is 4.98 Å². The standard InChI is InChI=1S/C15H10ClNO2S/c1-9(18)10-6-7-14(11(16)8-10)20-15-17-12-4-2-3-5-13(12)19-15/h2-8H,1H3. The Morgan fingerprint density at radius 3 is 2.75 bits per heavy atom. The summed E-state index contributed by atoms with van der Waals surface area (Å²) in [5.41, 5.74) is 2.15. The van der Waals surface area contributed by atoms with Crippen molar-refractivity contribution < 1.29 is 9.21 Å². The smallest absolute Gasteiger partial charge is 0.261 e. The molecule has 0 fully saturated rings. The van der Waals surface area contributed by atoms with Gasteiger partial charge in [0.05, 0.1) is 5.02 Å². The molecule has 3 rings (SSSR count). The number of nitrogens with zero attached hydrogens (tertiary/aromatic N) is 1. The normalized spacial score (nSPS) is 10.9. The molecule has 3 nitrogen and oxygen atoms in total. The molecule has 0 atom stereocenters. The molecule has 0 aliphatic carbocycles. The number of carbonyl (C=O) groups excluding carboxylic acids is 1. The number of aromatic nitrogens is 1. The van der Waals surface area contributed by atoms with Crippen molar-refractivity contribution in [2.24, 2.45) is 0 Å². The van der Waals surface area contributed by atoms with Crippen molar-refractivity contribution in [2.75, 3.05) is 0 Å². The fourth-order valence-electron chi connectivity index (χ4n) is 1.79. The van der Waals surface area contributed by atoms with Crippen LogP contribution in [-0.2, 0) is 0 Å². The molecular formula is C15H10ClNO2S. The maximum absolute atomic E-state index is 11.3. The fourth-order valence-corrected chi connectivity index (χ4v) is 2.84. The lowest BCUT2D eigenvalue weighted by Crippen LogP contribution is -1.91. The molecule has 1 heterocycles. The Bertz CT molecular complexity index is 764. The molecule has 0 unspecified atom stereocenters. The van der Waals surface area contributed by atoms with Gasteiger partial charge in [-0.3, -0.25) is 4.79 Å². The van der Waals surface area contributed by atoms with Crippen LogP contribution in [0.1, 0.15) is 17.3 Å². The summed E-state index contributed by atoms with van der Waals surface area (Å²) >= 11 is 7.52. The molecule has 0 amide bonds. The van der Waals surface area contributed by atoms with Gasteiger partial charge >= 0.3 is 0 Å². The van der Waals surface area contributed by atoms with Gasteiger partial charge < -0.3 is 4.42 Å². The Labute approximate surface area is 125 Å². The molecule has 0 radical (unpaired) electrons. The molecule has 0 N–H and O–H groups in total. The van der Waals surface area contributed by atoms with Crippen LogP contribution in [-0.4, -0.2) is 10.8 Å². The summed E-state index contributed by atoms with van der Waals surface area (Å²) in [7, 11) is 0. The lowest BCUT2D eigenvalue weighted by molar-refractivity contribution is 0.101. The van der Waals surface area contributed by atoms with Gasteiger partial charge in [0.2, 0.25) is 0 Å². The molecule has 0 saturated heterocycles. The minimum atomic E-state index is -0.00897. The molecule has 3 aromatic rings. The molecule has 20 heavy (non-hydrogen) atoms. The first-order chi connectivity index (χ1) is 9.63. The Morgan fingerprint density at radius 2 is 2.05 bits per heavy atom. The van der Waals surface area contributed by atoms with Gasteiger partial charge in [0.15, 0.2) is 11.4 Å². The Morgan fingerprint density at radius 1 is 1.25 bits per heavy atom. The van der Waals surface area contributed by atoms with Crippen LogP contribution < -0.4 is 0 Å². The van der Waals surface area contributed by atoms with E-state index in [1.807, 2.05) is 24.3 Å². The zero-order valence-electron chi connectivity index (χ0n) is 10.6. The largest absolute Gasteiger partial charge is 0.431 e. The molecule has 5 heteroatoms. The summed E-state index contributed by atoms with van der Waals surface area (Å²) < 4.78 is 5.63. The number of oxazole rings is 1. The van der Waals surface area contributed by atoms with E-state index in [0.29, 0.717) is 15.8 Å². The van der Waals surface area contributed by atoms with Crippen LogP contribution in [0, 0.1) is 0 Å². The number of hydrogen-bond donors (Lipinski definition) is 0. The number of rotatable bonds is 3. The highest BCUT2D eigenvalue weighted by atomic mass is 35.5. The average Bonchev–Trinajstić information content (AvgIpc) is 2.83. The minimum absolute atomic E-state index is 0.00897. The second-order valence-electron chi connectivity index (χ2n) is 4.25. The zero-order valence-corrected chi connectivity index (χ0v) is 12.2. The van der Waals surface area contributed by atoms with Crippen molar-refractivity contribution in [1.82, 2.24) is 4.98 Å². The van der Waals surface area contributed by atoms with Crippen LogP contribution in [0.25, 0.3) is 11.1 Å². The molecule has 100 valence electrons. The first kappa shape index (κ1) is 13.2. The second-order valence-corrected chi connectivity index (χ2v) is 5.65. The van der Waals surface area contributed by atoms with Crippen molar-refractivity contribution >= 4 is 40.2 Å². The summed E-state index contributed by atoms with van der Waals surface area (Å²) in [6, 6.07) is 12.8. The predicted octanol–water partition coefficient (Wildman–Crippen LogP) is 4.84. The van der Waals surface area contributed by atoms with E-state index in [0.717, 1.165) is 16.0 Å². The molecule has 1 aromatic heterocycles. The summed E-state index contributed by atoms with van der Waals surface area (Å²) in [6.07, 6.45) is 0. The van der Waals surface area contributed by atoms with E-state index >= 15 is 0 Å². The van der Waals surface area contributed by atoms with Crippen molar-refractivity contribution in [2.45, 2.75) is 17.0 Å². The molecule has 0 spiro atoms. The van der Waals surface area contributed by atoms with Crippen LogP contribution in [0.4, 0.5) is 0 Å². The molecule has 0 bridgehead atoms. The molecule has 0 aliphatic rings. The third-order valence-corrected chi connectivity index (χ3v) is 4.16. The average molecular weight is 304 g/mol. The second kappa shape index (κ2) is 5.31. The SMILES string of the molecule is CC(=O)c1ccc(Sc2nc3ccccc3o2)c(Cl)c1. The Balaban J connectivity index is 1.92. The van der Waals surface area contributed by atoms with E-state index in [-0.39, 0.29) is 5.78 Å². The zero-order chi connectivity index (χ0) is 14.1. The van der Waals surface area contributed by atoms with Gasteiger partial charge in [-0.15, -0.1) is 0 Å². The topological polar surface area (TPSA) is 43.1 Å². The highest BCUT2D eigenvalue weighted by Gasteiger charge is 2.11. The van der Waals surface area contributed by atoms with Crippen LogP contribution in [0.3, 0.4) is 0 Å². The van der Waals surface area contributed by atoms with Crippen molar-refractivity contribution in [1.29, 1.82) is 0 Å². The first-order valence-corrected chi connectivity index (χ1v) is 7.17. The third-order valence-electron chi connectivity index (χ3n) is 2.81. The number of ketones is 1. The predicted molar refractivity (Wildman–Crippen MR) is 79.6 cm³/mol. The Kier molecular flexibility index (Phi) is 3.51. The third kappa shape index (κ3) is 2.57. The van der Waals surface area contributed by atoms with E-state index in [1.165, 1.54) is 18.7 Å². The van der Waals surface area contributed by atoms with Gasteiger partial charge in [0.1, 0.15) is 5.52 Å². The maximum Gasteiger partial charge on any atom is 0.261 e. The monoisotopic (exact) mass is 303 g/mol. The number of para-hydroxylation sites is 2. The van der Waals surface area contributed by atoms with E-state index in [9.17, 15) is 4.79 Å². The van der Waals surface area contributed by atoms with E-state index < -0.39 is 0 Å². The quantitative estimate of drug-likeness (QED) is 0.650. The lowest BCUT2D eigenvalue weighted by Gasteiger charge is -2.02. The molecule has 2 aromatic carbocycles. The lowest BCUT2D eigenvalue weighted by atomic mass is 10.1. The van der Waals surface area contributed by atoms with Crippen LogP contribution in [0.15, 0.2) is 57.0 Å². The van der Waals surface area contributed by atoms with Gasteiger partial charge in [0.25, 0.3) is 5.22 Å². The summed E-state index contributed by atoms with van der Waals surface area (Å²) in [6.45, 7) is 1.51. The summed E-state index contributed by atoms with van der Waals surface area (Å²) in [4.78, 5) is 16.5. The number of fused-ring (bicyclic) bond motifs is 1. The highest BCUT2D eigenvalue weighted by molar-refractivity contribution is 7.99. The van der Waals surface area contributed by atoms with Crippen LogP contribution in [0.5, 0.6) is 0 Å². The van der Waals surface area contributed by atoms with E-state index in [1.54, 1.807) is 18.2 Å². The number of hydrogen-bond acceptors (Lipinski definition) is 4. The van der Waals surface area contributed by atoms with E-state index in [2.05, 4.69) is 4.98 Å². The van der Waals surface area contributed by atoms with Crippen molar-refractivity contribution in [3.05, 3.63) is 53.1 Å². The van der Waals surface area contributed by atoms with Gasteiger partial charge in [-0.1, -0.05) is 29.8 Å². The first-order valence-electron chi connectivity index (χ1n) is 5.97. The minimum Gasteiger partial charge on any atom is -0.431 e. The number of carbonyl (C=O) groups is 1. The number of Topliss-reactive ketones (excluding diaryl/α,β-unsaturated/α-hetero) is 1. The Hall–Kier alpha value is -1.78. The molecule has 0 saturated carbocycles. The van der Waals surface area contributed by atoms with Gasteiger partial charge in [-0.2, -0.15) is 0 Å². The molecule has 0 aliphatic heterocycles.